The van der Waals surface area contributed by atoms with Gasteiger partial charge in [0.1, 0.15) is 17.3 Å². The van der Waals surface area contributed by atoms with E-state index < -0.39 is 16.8 Å². The zero-order chi connectivity index (χ0) is 15.6. The van der Waals surface area contributed by atoms with E-state index in [0.29, 0.717) is 5.56 Å². The summed E-state index contributed by atoms with van der Waals surface area (Å²) in [6, 6.07) is 7.41. The molecule has 0 saturated heterocycles. The molecule has 0 aliphatic heterocycles. The molecule has 7 heteroatoms. The number of aromatic hydroxyl groups is 1. The molecule has 2 aromatic carbocycles. The van der Waals surface area contributed by atoms with Gasteiger partial charge in [0.15, 0.2) is 0 Å². The van der Waals surface area contributed by atoms with Crippen LogP contribution in [0.5, 0.6) is 5.75 Å². The van der Waals surface area contributed by atoms with E-state index in [2.05, 4.69) is 5.32 Å². The van der Waals surface area contributed by atoms with Crippen LogP contribution >= 0.6 is 11.6 Å². The van der Waals surface area contributed by atoms with E-state index in [9.17, 15) is 19.6 Å². The van der Waals surface area contributed by atoms with Crippen molar-refractivity contribution in [1.82, 2.24) is 0 Å². The lowest BCUT2D eigenvalue weighted by atomic mass is 10.1. The Morgan fingerprint density at radius 3 is 2.67 bits per heavy atom. The molecule has 0 aliphatic carbocycles. The van der Waals surface area contributed by atoms with Crippen molar-refractivity contribution in [1.29, 1.82) is 0 Å². The summed E-state index contributed by atoms with van der Waals surface area (Å²) in [4.78, 5) is 10.5. The molecule has 0 radical (unpaired) electrons. The van der Waals surface area contributed by atoms with Crippen LogP contribution in [0.2, 0.25) is 5.02 Å². The SMILES string of the molecule is CC(Nc1ccc(Cl)cc1[N+](=O)[O-])c1ccc(F)cc1O. The van der Waals surface area contributed by atoms with Crippen molar-refractivity contribution in [3.05, 3.63) is 62.9 Å². The Bertz CT molecular complexity index is 694. The van der Waals surface area contributed by atoms with Crippen molar-refractivity contribution < 1.29 is 14.4 Å². The van der Waals surface area contributed by atoms with E-state index in [1.54, 1.807) is 6.92 Å². The van der Waals surface area contributed by atoms with Crippen molar-refractivity contribution in [2.24, 2.45) is 0 Å². The van der Waals surface area contributed by atoms with E-state index in [1.165, 1.54) is 30.3 Å². The first-order chi connectivity index (χ1) is 9.88. The maximum absolute atomic E-state index is 13.0. The number of nitrogens with zero attached hydrogens (tertiary/aromatic N) is 1. The number of nitro groups is 1. The lowest BCUT2D eigenvalue weighted by Gasteiger charge is -2.17. The van der Waals surface area contributed by atoms with Crippen LogP contribution in [-0.2, 0) is 0 Å². The van der Waals surface area contributed by atoms with Gasteiger partial charge in [-0.25, -0.2) is 4.39 Å². The minimum Gasteiger partial charge on any atom is -0.507 e. The van der Waals surface area contributed by atoms with Gasteiger partial charge in [-0.15, -0.1) is 0 Å². The van der Waals surface area contributed by atoms with Gasteiger partial charge in [-0.05, 0) is 25.1 Å². The van der Waals surface area contributed by atoms with Gasteiger partial charge in [0.2, 0.25) is 0 Å². The molecule has 2 aromatic rings. The number of nitrogens with one attached hydrogen (secondary N) is 1. The van der Waals surface area contributed by atoms with Crippen molar-refractivity contribution >= 4 is 23.0 Å². The van der Waals surface area contributed by atoms with E-state index >= 15 is 0 Å². The highest BCUT2D eigenvalue weighted by atomic mass is 35.5. The maximum atomic E-state index is 13.0. The molecule has 2 N–H and O–H groups in total. The van der Waals surface area contributed by atoms with E-state index in [4.69, 9.17) is 11.6 Å². The zero-order valence-electron chi connectivity index (χ0n) is 11.0. The molecule has 0 bridgehead atoms. The monoisotopic (exact) mass is 310 g/mol. The summed E-state index contributed by atoms with van der Waals surface area (Å²) in [6.45, 7) is 1.70. The van der Waals surface area contributed by atoms with Crippen molar-refractivity contribution in [2.75, 3.05) is 5.32 Å². The average molecular weight is 311 g/mol. The summed E-state index contributed by atoms with van der Waals surface area (Å²) in [7, 11) is 0. The van der Waals surface area contributed by atoms with Gasteiger partial charge in [-0.3, -0.25) is 10.1 Å². The van der Waals surface area contributed by atoms with Crippen LogP contribution in [0.25, 0.3) is 0 Å². The molecule has 0 aliphatic rings. The highest BCUT2D eigenvalue weighted by Gasteiger charge is 2.18. The van der Waals surface area contributed by atoms with Crippen molar-refractivity contribution in [3.8, 4) is 5.75 Å². The second-order valence-corrected chi connectivity index (χ2v) is 4.92. The normalized spacial score (nSPS) is 12.0. The van der Waals surface area contributed by atoms with Gasteiger partial charge >= 0.3 is 0 Å². The smallest absolute Gasteiger partial charge is 0.293 e. The Morgan fingerprint density at radius 1 is 1.33 bits per heavy atom. The molecule has 1 atom stereocenters. The summed E-state index contributed by atoms with van der Waals surface area (Å²) in [5, 5.41) is 23.9. The van der Waals surface area contributed by atoms with Gasteiger partial charge in [-0.1, -0.05) is 17.7 Å². The molecule has 2 rings (SSSR count). The molecule has 1 unspecified atom stereocenters. The number of phenolic OH excluding ortho intramolecular Hbond substituents is 1. The quantitative estimate of drug-likeness (QED) is 0.653. The summed E-state index contributed by atoms with van der Waals surface area (Å²) < 4.78 is 13.0. The lowest BCUT2D eigenvalue weighted by Crippen LogP contribution is -2.08. The van der Waals surface area contributed by atoms with Gasteiger partial charge in [0.25, 0.3) is 5.69 Å². The van der Waals surface area contributed by atoms with Crippen LogP contribution in [0.3, 0.4) is 0 Å². The first-order valence-electron chi connectivity index (χ1n) is 6.07. The number of hydrogen-bond donors (Lipinski definition) is 2. The molecule has 0 saturated carbocycles. The number of nitro benzene ring substituents is 1. The molecule has 110 valence electrons. The second kappa shape index (κ2) is 5.97. The number of benzene rings is 2. The Labute approximate surface area is 125 Å². The standard InChI is InChI=1S/C14H12ClFN2O3/c1-8(11-4-3-10(16)7-14(11)19)17-12-5-2-9(15)6-13(12)18(20)21/h2-8,17,19H,1H3. The molecule has 0 aromatic heterocycles. The largest absolute Gasteiger partial charge is 0.507 e. The summed E-state index contributed by atoms with van der Waals surface area (Å²) in [5.41, 5.74) is 0.525. The first-order valence-corrected chi connectivity index (χ1v) is 6.45. The van der Waals surface area contributed by atoms with Crippen LogP contribution in [0.4, 0.5) is 15.8 Å². The fraction of sp³-hybridized carbons (Fsp3) is 0.143. The number of rotatable bonds is 4. The highest BCUT2D eigenvalue weighted by molar-refractivity contribution is 6.30. The number of halogens is 2. The minimum atomic E-state index is -0.555. The third kappa shape index (κ3) is 3.41. The average Bonchev–Trinajstić information content (AvgIpc) is 2.40. The first kappa shape index (κ1) is 15.1. The van der Waals surface area contributed by atoms with Crippen molar-refractivity contribution in [3.63, 3.8) is 0 Å². The third-order valence-electron chi connectivity index (χ3n) is 2.99. The number of anilines is 1. The predicted molar refractivity (Wildman–Crippen MR) is 78.2 cm³/mol. The summed E-state index contributed by atoms with van der Waals surface area (Å²) in [5.74, 6) is -0.771. The Balaban J connectivity index is 2.31. The van der Waals surface area contributed by atoms with Gasteiger partial charge in [-0.2, -0.15) is 0 Å². The van der Waals surface area contributed by atoms with Crippen LogP contribution in [0.1, 0.15) is 18.5 Å². The highest BCUT2D eigenvalue weighted by Crippen LogP contribution is 2.33. The summed E-state index contributed by atoms with van der Waals surface area (Å²) >= 11 is 5.74. The fourth-order valence-electron chi connectivity index (χ4n) is 1.97. The van der Waals surface area contributed by atoms with Crippen LogP contribution in [0.15, 0.2) is 36.4 Å². The molecule has 0 spiro atoms. The number of phenols is 1. The van der Waals surface area contributed by atoms with Crippen LogP contribution in [0, 0.1) is 15.9 Å². The molecule has 0 heterocycles. The molecular formula is C14H12ClFN2O3. The molecule has 0 amide bonds. The van der Waals surface area contributed by atoms with Gasteiger partial charge < -0.3 is 10.4 Å². The van der Waals surface area contributed by atoms with Gasteiger partial charge in [0, 0.05) is 22.7 Å². The third-order valence-corrected chi connectivity index (χ3v) is 3.22. The van der Waals surface area contributed by atoms with E-state index in [-0.39, 0.29) is 22.1 Å². The van der Waals surface area contributed by atoms with Gasteiger partial charge in [0.05, 0.1) is 11.0 Å². The van der Waals surface area contributed by atoms with Crippen LogP contribution in [-0.4, -0.2) is 10.0 Å². The molecule has 21 heavy (non-hydrogen) atoms. The lowest BCUT2D eigenvalue weighted by molar-refractivity contribution is -0.384. The molecular weight excluding hydrogens is 299 g/mol. The van der Waals surface area contributed by atoms with Crippen LogP contribution < -0.4 is 5.32 Å². The minimum absolute atomic E-state index is 0.170. The van der Waals surface area contributed by atoms with E-state index in [0.717, 1.165) is 6.07 Å². The molecule has 0 fully saturated rings. The zero-order valence-corrected chi connectivity index (χ0v) is 11.8. The van der Waals surface area contributed by atoms with E-state index in [1.807, 2.05) is 0 Å². The summed E-state index contributed by atoms with van der Waals surface area (Å²) in [6.07, 6.45) is 0. The fourth-order valence-corrected chi connectivity index (χ4v) is 2.14. The topological polar surface area (TPSA) is 75.4 Å². The Kier molecular flexibility index (Phi) is 4.28. The second-order valence-electron chi connectivity index (χ2n) is 4.49. The Hall–Kier alpha value is -2.34. The Morgan fingerprint density at radius 2 is 2.05 bits per heavy atom. The maximum Gasteiger partial charge on any atom is 0.293 e. The predicted octanol–water partition coefficient (Wildman–Crippen LogP) is 4.27. The van der Waals surface area contributed by atoms with Crippen molar-refractivity contribution in [2.45, 2.75) is 13.0 Å². The number of hydrogen-bond acceptors (Lipinski definition) is 4. The molecule has 5 nitrogen and oxygen atoms in total.